The highest BCUT2D eigenvalue weighted by Gasteiger charge is 2.28. The second kappa shape index (κ2) is 9.71. The van der Waals surface area contributed by atoms with Crippen LogP contribution >= 0.6 is 11.6 Å². The Morgan fingerprint density at radius 3 is 2.34 bits per heavy atom. The molecule has 1 atom stereocenters. The number of benzene rings is 2. The summed E-state index contributed by atoms with van der Waals surface area (Å²) in [6.45, 7) is 1.82. The lowest BCUT2D eigenvalue weighted by molar-refractivity contribution is -0.123. The SMILES string of the molecule is CN1CCC(NC(=O)[C@@H](Cc2ccccc2)NS(=O)(=O)c2ccc(Cl)cc2)CC1. The molecule has 0 aromatic heterocycles. The van der Waals surface area contributed by atoms with Crippen molar-refractivity contribution in [3.63, 3.8) is 0 Å². The zero-order chi connectivity index (χ0) is 20.9. The number of hydrogen-bond donors (Lipinski definition) is 2. The van der Waals surface area contributed by atoms with Crippen LogP contribution < -0.4 is 10.0 Å². The van der Waals surface area contributed by atoms with Crippen molar-refractivity contribution >= 4 is 27.5 Å². The highest BCUT2D eigenvalue weighted by Crippen LogP contribution is 2.16. The van der Waals surface area contributed by atoms with E-state index in [-0.39, 0.29) is 23.3 Å². The van der Waals surface area contributed by atoms with E-state index in [9.17, 15) is 13.2 Å². The van der Waals surface area contributed by atoms with Gasteiger partial charge in [0, 0.05) is 11.1 Å². The molecule has 0 spiro atoms. The van der Waals surface area contributed by atoms with Gasteiger partial charge in [-0.2, -0.15) is 4.72 Å². The molecule has 2 aromatic rings. The predicted octanol–water partition coefficient (Wildman–Crippen LogP) is 2.44. The third-order valence-electron chi connectivity index (χ3n) is 5.09. The molecule has 0 radical (unpaired) electrons. The van der Waals surface area contributed by atoms with E-state index in [1.807, 2.05) is 30.3 Å². The maximum Gasteiger partial charge on any atom is 0.241 e. The van der Waals surface area contributed by atoms with Gasteiger partial charge in [0.2, 0.25) is 15.9 Å². The number of nitrogens with zero attached hydrogens (tertiary/aromatic N) is 1. The number of likely N-dealkylation sites (tertiary alicyclic amines) is 1. The van der Waals surface area contributed by atoms with E-state index in [2.05, 4.69) is 22.0 Å². The molecule has 6 nitrogen and oxygen atoms in total. The van der Waals surface area contributed by atoms with Gasteiger partial charge in [0.1, 0.15) is 6.04 Å². The molecule has 29 heavy (non-hydrogen) atoms. The first-order valence-electron chi connectivity index (χ1n) is 9.64. The molecule has 3 rings (SSSR count). The van der Waals surface area contributed by atoms with Crippen molar-refractivity contribution < 1.29 is 13.2 Å². The number of amides is 1. The highest BCUT2D eigenvalue weighted by atomic mass is 35.5. The molecule has 0 bridgehead atoms. The number of sulfonamides is 1. The molecule has 0 aliphatic carbocycles. The lowest BCUT2D eigenvalue weighted by Gasteiger charge is -2.30. The maximum absolute atomic E-state index is 13.0. The number of hydrogen-bond acceptors (Lipinski definition) is 4. The summed E-state index contributed by atoms with van der Waals surface area (Å²) in [5, 5.41) is 3.48. The van der Waals surface area contributed by atoms with E-state index in [1.165, 1.54) is 24.3 Å². The fraction of sp³-hybridized carbons (Fsp3) is 0.381. The maximum atomic E-state index is 13.0. The molecular formula is C21H26ClN3O3S. The third-order valence-corrected chi connectivity index (χ3v) is 6.82. The molecule has 1 aliphatic rings. The summed E-state index contributed by atoms with van der Waals surface area (Å²) in [6, 6.07) is 14.4. The van der Waals surface area contributed by atoms with Crippen molar-refractivity contribution in [2.45, 2.75) is 36.2 Å². The second-order valence-corrected chi connectivity index (χ2v) is 9.55. The topological polar surface area (TPSA) is 78.5 Å². The number of nitrogens with one attached hydrogen (secondary N) is 2. The molecule has 2 aromatic carbocycles. The minimum atomic E-state index is -3.87. The number of piperidine rings is 1. The summed E-state index contributed by atoms with van der Waals surface area (Å²) in [5.74, 6) is -0.305. The lowest BCUT2D eigenvalue weighted by atomic mass is 10.0. The Hall–Kier alpha value is -1.93. The van der Waals surface area contributed by atoms with Crippen LogP contribution in [0.1, 0.15) is 18.4 Å². The van der Waals surface area contributed by atoms with Crippen LogP contribution in [0.5, 0.6) is 0 Å². The molecule has 0 saturated carbocycles. The van der Waals surface area contributed by atoms with Crippen LogP contribution in [-0.2, 0) is 21.2 Å². The Balaban J connectivity index is 1.76. The Bertz CT molecular complexity index is 912. The molecule has 156 valence electrons. The third kappa shape index (κ3) is 6.27. The summed E-state index contributed by atoms with van der Waals surface area (Å²) >= 11 is 5.86. The Morgan fingerprint density at radius 2 is 1.72 bits per heavy atom. The van der Waals surface area contributed by atoms with Gasteiger partial charge in [0.25, 0.3) is 0 Å². The van der Waals surface area contributed by atoms with Crippen molar-refractivity contribution in [1.29, 1.82) is 0 Å². The van der Waals surface area contributed by atoms with Gasteiger partial charge in [-0.15, -0.1) is 0 Å². The normalized spacial score (nSPS) is 17.0. The first kappa shape index (κ1) is 21.8. The quantitative estimate of drug-likeness (QED) is 0.700. The predicted molar refractivity (Wildman–Crippen MR) is 114 cm³/mol. The molecule has 1 aliphatic heterocycles. The number of carbonyl (C=O) groups excluding carboxylic acids is 1. The van der Waals surface area contributed by atoms with E-state index in [0.29, 0.717) is 5.02 Å². The Labute approximate surface area is 177 Å². The fourth-order valence-electron chi connectivity index (χ4n) is 3.36. The molecule has 1 saturated heterocycles. The van der Waals surface area contributed by atoms with Crippen molar-refractivity contribution in [3.05, 3.63) is 65.2 Å². The number of rotatable bonds is 7. The summed E-state index contributed by atoms with van der Waals surface area (Å²) in [4.78, 5) is 15.3. The van der Waals surface area contributed by atoms with E-state index in [1.54, 1.807) is 0 Å². The van der Waals surface area contributed by atoms with Gasteiger partial charge in [-0.05, 0) is 69.2 Å². The highest BCUT2D eigenvalue weighted by molar-refractivity contribution is 7.89. The molecule has 2 N–H and O–H groups in total. The van der Waals surface area contributed by atoms with E-state index >= 15 is 0 Å². The largest absolute Gasteiger partial charge is 0.352 e. The van der Waals surface area contributed by atoms with Gasteiger partial charge in [-0.25, -0.2) is 8.42 Å². The van der Waals surface area contributed by atoms with Gasteiger partial charge in [-0.3, -0.25) is 4.79 Å². The molecule has 1 heterocycles. The standard InChI is InChI=1S/C21H26ClN3O3S/c1-25-13-11-18(12-14-25)23-21(26)20(15-16-5-3-2-4-6-16)24-29(27,28)19-9-7-17(22)8-10-19/h2-10,18,20,24H,11-15H2,1H3,(H,23,26)/t20-/m1/s1. The van der Waals surface area contributed by atoms with Gasteiger partial charge >= 0.3 is 0 Å². The minimum absolute atomic E-state index is 0.0528. The van der Waals surface area contributed by atoms with Crippen LogP contribution in [0.4, 0.5) is 0 Å². The van der Waals surface area contributed by atoms with E-state index in [0.717, 1.165) is 31.5 Å². The van der Waals surface area contributed by atoms with Crippen LogP contribution in [0, 0.1) is 0 Å². The summed E-state index contributed by atoms with van der Waals surface area (Å²) in [5.41, 5.74) is 0.884. The minimum Gasteiger partial charge on any atom is -0.352 e. The van der Waals surface area contributed by atoms with Crippen molar-refractivity contribution in [3.8, 4) is 0 Å². The summed E-state index contributed by atoms with van der Waals surface area (Å²) < 4.78 is 28.3. The van der Waals surface area contributed by atoms with Gasteiger partial charge in [0.05, 0.1) is 4.90 Å². The smallest absolute Gasteiger partial charge is 0.241 e. The van der Waals surface area contributed by atoms with Crippen LogP contribution in [0.3, 0.4) is 0 Å². The molecule has 1 fully saturated rings. The van der Waals surface area contributed by atoms with Crippen LogP contribution in [0.2, 0.25) is 5.02 Å². The zero-order valence-corrected chi connectivity index (χ0v) is 17.9. The molecular weight excluding hydrogens is 410 g/mol. The van der Waals surface area contributed by atoms with Crippen molar-refractivity contribution in [2.75, 3.05) is 20.1 Å². The molecule has 1 amide bonds. The monoisotopic (exact) mass is 435 g/mol. The van der Waals surface area contributed by atoms with Gasteiger partial charge < -0.3 is 10.2 Å². The lowest BCUT2D eigenvalue weighted by Crippen LogP contribution is -2.52. The number of halogens is 1. The van der Waals surface area contributed by atoms with Crippen LogP contribution in [0.15, 0.2) is 59.5 Å². The van der Waals surface area contributed by atoms with E-state index < -0.39 is 16.1 Å². The second-order valence-electron chi connectivity index (χ2n) is 7.40. The summed E-state index contributed by atoms with van der Waals surface area (Å²) in [7, 11) is -1.82. The average Bonchev–Trinajstić information content (AvgIpc) is 2.70. The van der Waals surface area contributed by atoms with Crippen LogP contribution in [0.25, 0.3) is 0 Å². The van der Waals surface area contributed by atoms with Gasteiger partial charge in [-0.1, -0.05) is 41.9 Å². The van der Waals surface area contributed by atoms with Gasteiger partial charge in [0.15, 0.2) is 0 Å². The number of carbonyl (C=O) groups is 1. The average molecular weight is 436 g/mol. The first-order valence-corrected chi connectivity index (χ1v) is 11.5. The fourth-order valence-corrected chi connectivity index (χ4v) is 4.68. The van der Waals surface area contributed by atoms with Crippen molar-refractivity contribution in [1.82, 2.24) is 14.9 Å². The summed E-state index contributed by atoms with van der Waals surface area (Å²) in [6.07, 6.45) is 1.97. The Morgan fingerprint density at radius 1 is 1.10 bits per heavy atom. The zero-order valence-electron chi connectivity index (χ0n) is 16.3. The molecule has 8 heteroatoms. The molecule has 0 unspecified atom stereocenters. The van der Waals surface area contributed by atoms with E-state index in [4.69, 9.17) is 11.6 Å². The Kier molecular flexibility index (Phi) is 7.29. The van der Waals surface area contributed by atoms with Crippen molar-refractivity contribution in [2.24, 2.45) is 0 Å². The van der Waals surface area contributed by atoms with Crippen LogP contribution in [-0.4, -0.2) is 51.4 Å². The first-order chi connectivity index (χ1) is 13.8.